The quantitative estimate of drug-likeness (QED) is 0.620. The van der Waals surface area contributed by atoms with Crippen LogP contribution in [-0.4, -0.2) is 47.3 Å². The fraction of sp³-hybridized carbons (Fsp3) is 0.524. The summed E-state index contributed by atoms with van der Waals surface area (Å²) in [5.41, 5.74) is 0.755. The topological polar surface area (TPSA) is 45.5 Å². The van der Waals surface area contributed by atoms with Gasteiger partial charge < -0.3 is 10.2 Å². The first-order valence-electron chi connectivity index (χ1n) is 9.72. The van der Waals surface area contributed by atoms with Crippen LogP contribution in [0.15, 0.2) is 41.7 Å². The van der Waals surface area contributed by atoms with Gasteiger partial charge in [-0.25, -0.2) is 0 Å². The van der Waals surface area contributed by atoms with Gasteiger partial charge in [-0.05, 0) is 23.6 Å². The highest BCUT2D eigenvalue weighted by Gasteiger charge is 2.33. The van der Waals surface area contributed by atoms with Crippen molar-refractivity contribution in [2.24, 2.45) is 12.0 Å². The van der Waals surface area contributed by atoms with E-state index in [0.29, 0.717) is 18.0 Å². The Labute approximate surface area is 169 Å². The number of likely N-dealkylation sites (tertiary alicyclic amines) is 1. The van der Waals surface area contributed by atoms with Gasteiger partial charge in [0, 0.05) is 51.3 Å². The highest BCUT2D eigenvalue weighted by Crippen LogP contribution is 2.33. The maximum Gasteiger partial charge on any atom is 0.416 e. The highest BCUT2D eigenvalue weighted by atomic mass is 19.4. The average Bonchev–Trinajstić information content (AvgIpc) is 3.31. The van der Waals surface area contributed by atoms with Gasteiger partial charge >= 0.3 is 6.18 Å². The second-order valence-corrected chi connectivity index (χ2v) is 8.24. The van der Waals surface area contributed by atoms with E-state index in [-0.39, 0.29) is 0 Å². The molecule has 0 bridgehead atoms. The largest absolute Gasteiger partial charge is 0.416 e. The number of aryl methyl sites for hydroxylation is 1. The van der Waals surface area contributed by atoms with Crippen molar-refractivity contribution in [1.29, 1.82) is 0 Å². The Morgan fingerprint density at radius 2 is 2.00 bits per heavy atom. The molecule has 1 aromatic heterocycles. The molecule has 1 atom stereocenters. The first kappa shape index (κ1) is 21.2. The number of guanidine groups is 1. The highest BCUT2D eigenvalue weighted by molar-refractivity contribution is 5.80. The summed E-state index contributed by atoms with van der Waals surface area (Å²) in [5, 5.41) is 7.61. The molecule has 2 aromatic rings. The van der Waals surface area contributed by atoms with Crippen LogP contribution < -0.4 is 5.32 Å². The van der Waals surface area contributed by atoms with E-state index in [2.05, 4.69) is 20.3 Å². The molecule has 3 rings (SSSR count). The van der Waals surface area contributed by atoms with Gasteiger partial charge in [0.25, 0.3) is 0 Å². The van der Waals surface area contributed by atoms with Crippen LogP contribution in [0.1, 0.15) is 42.9 Å². The van der Waals surface area contributed by atoms with Crippen molar-refractivity contribution in [1.82, 2.24) is 20.0 Å². The van der Waals surface area contributed by atoms with Gasteiger partial charge in [0.05, 0.1) is 11.8 Å². The molecule has 0 amide bonds. The lowest BCUT2D eigenvalue weighted by Gasteiger charge is -2.29. The molecule has 29 heavy (non-hydrogen) atoms. The molecular formula is C21H28F3N5. The monoisotopic (exact) mass is 407 g/mol. The van der Waals surface area contributed by atoms with E-state index in [0.717, 1.165) is 31.5 Å². The molecule has 2 heterocycles. The number of alkyl halides is 3. The summed E-state index contributed by atoms with van der Waals surface area (Å²) < 4.78 is 41.0. The molecule has 1 aliphatic rings. The molecule has 1 unspecified atom stereocenters. The van der Waals surface area contributed by atoms with E-state index in [9.17, 15) is 13.2 Å². The van der Waals surface area contributed by atoms with Crippen LogP contribution in [0.3, 0.4) is 0 Å². The summed E-state index contributed by atoms with van der Waals surface area (Å²) in [4.78, 5) is 6.58. The van der Waals surface area contributed by atoms with E-state index in [1.165, 1.54) is 17.7 Å². The number of aromatic nitrogens is 2. The maximum absolute atomic E-state index is 13.1. The molecule has 0 radical (unpaired) electrons. The number of halogens is 3. The third-order valence-corrected chi connectivity index (χ3v) is 5.56. The number of benzene rings is 1. The third-order valence-electron chi connectivity index (χ3n) is 5.56. The lowest BCUT2D eigenvalue weighted by Crippen LogP contribution is -2.45. The number of aliphatic imine (C=N–C) groups is 1. The number of rotatable bonds is 4. The average molecular weight is 407 g/mol. The maximum atomic E-state index is 13.1. The first-order chi connectivity index (χ1) is 13.6. The van der Waals surface area contributed by atoms with Crippen molar-refractivity contribution in [3.05, 3.63) is 53.3 Å². The van der Waals surface area contributed by atoms with Crippen molar-refractivity contribution < 1.29 is 13.2 Å². The van der Waals surface area contributed by atoms with E-state index in [4.69, 9.17) is 0 Å². The van der Waals surface area contributed by atoms with Gasteiger partial charge in [-0.15, -0.1) is 0 Å². The van der Waals surface area contributed by atoms with Gasteiger partial charge in [-0.2, -0.15) is 18.3 Å². The third kappa shape index (κ3) is 4.92. The van der Waals surface area contributed by atoms with Crippen LogP contribution in [0.2, 0.25) is 0 Å². The van der Waals surface area contributed by atoms with E-state index >= 15 is 0 Å². The Balaban J connectivity index is 1.64. The predicted octanol–water partition coefficient (Wildman–Crippen LogP) is 3.78. The van der Waals surface area contributed by atoms with Crippen LogP contribution in [0.4, 0.5) is 13.2 Å². The van der Waals surface area contributed by atoms with Crippen molar-refractivity contribution in [3.8, 4) is 0 Å². The van der Waals surface area contributed by atoms with Gasteiger partial charge in [-0.3, -0.25) is 9.67 Å². The number of hydrogen-bond donors (Lipinski definition) is 1. The van der Waals surface area contributed by atoms with E-state index in [1.54, 1.807) is 13.1 Å². The summed E-state index contributed by atoms with van der Waals surface area (Å²) in [5.74, 6) is 1.18. The number of nitrogens with zero attached hydrogens (tertiary/aromatic N) is 4. The normalized spacial score (nSPS) is 18.4. The molecule has 5 nitrogen and oxygen atoms in total. The Morgan fingerprint density at radius 3 is 2.62 bits per heavy atom. The van der Waals surface area contributed by atoms with Crippen molar-refractivity contribution in [2.75, 3.05) is 26.7 Å². The van der Waals surface area contributed by atoms with Crippen LogP contribution in [0.25, 0.3) is 0 Å². The molecule has 0 aliphatic carbocycles. The Bertz CT molecular complexity index is 869. The minimum absolute atomic E-state index is 0.402. The molecule has 1 aromatic carbocycles. The molecule has 158 valence electrons. The van der Waals surface area contributed by atoms with Crippen molar-refractivity contribution in [3.63, 3.8) is 0 Å². The van der Waals surface area contributed by atoms with Crippen molar-refractivity contribution >= 4 is 5.96 Å². The fourth-order valence-corrected chi connectivity index (χ4v) is 3.73. The smallest absolute Gasteiger partial charge is 0.355 e. The van der Waals surface area contributed by atoms with E-state index in [1.807, 2.05) is 38.0 Å². The zero-order chi connectivity index (χ0) is 21.2. The lowest BCUT2D eigenvalue weighted by atomic mass is 9.84. The molecule has 1 fully saturated rings. The molecule has 1 saturated heterocycles. The summed E-state index contributed by atoms with van der Waals surface area (Å²) in [6.07, 6.45) is 0.623. The number of hydrogen-bond acceptors (Lipinski definition) is 2. The molecule has 0 spiro atoms. The van der Waals surface area contributed by atoms with Gasteiger partial charge in [0.15, 0.2) is 5.96 Å². The van der Waals surface area contributed by atoms with Crippen LogP contribution in [0.5, 0.6) is 0 Å². The van der Waals surface area contributed by atoms with Crippen molar-refractivity contribution in [2.45, 2.75) is 37.8 Å². The second-order valence-electron chi connectivity index (χ2n) is 8.24. The molecule has 8 heteroatoms. The van der Waals surface area contributed by atoms with Gasteiger partial charge in [0.1, 0.15) is 0 Å². The summed E-state index contributed by atoms with van der Waals surface area (Å²) in [6.45, 7) is 6.07. The van der Waals surface area contributed by atoms with Gasteiger partial charge in [0.2, 0.25) is 0 Å². The Kier molecular flexibility index (Phi) is 5.91. The van der Waals surface area contributed by atoms with Crippen LogP contribution >= 0.6 is 0 Å². The zero-order valence-electron chi connectivity index (χ0n) is 17.3. The minimum atomic E-state index is -4.34. The Hall–Kier alpha value is -2.51. The van der Waals surface area contributed by atoms with Crippen LogP contribution in [0, 0.1) is 0 Å². The summed E-state index contributed by atoms with van der Waals surface area (Å²) in [7, 11) is 3.64. The second kappa shape index (κ2) is 8.08. The number of nitrogens with one attached hydrogen (secondary N) is 1. The fourth-order valence-electron chi connectivity index (χ4n) is 3.73. The first-order valence-corrected chi connectivity index (χ1v) is 9.72. The summed E-state index contributed by atoms with van der Waals surface area (Å²) in [6, 6.07) is 5.55. The zero-order valence-corrected chi connectivity index (χ0v) is 17.3. The molecule has 1 N–H and O–H groups in total. The van der Waals surface area contributed by atoms with Crippen LogP contribution in [-0.2, 0) is 18.6 Å². The Morgan fingerprint density at radius 1 is 1.28 bits per heavy atom. The lowest BCUT2D eigenvalue weighted by molar-refractivity contribution is -0.137. The SMILES string of the molecule is CN=C(NCC(C)(C)c1cccc(C(F)(F)F)c1)N1CCC(c2cnn(C)c2)C1. The predicted molar refractivity (Wildman–Crippen MR) is 108 cm³/mol. The van der Waals surface area contributed by atoms with E-state index < -0.39 is 17.2 Å². The van der Waals surface area contributed by atoms with Gasteiger partial charge in [-0.1, -0.05) is 32.0 Å². The molecule has 1 aliphatic heterocycles. The molecular weight excluding hydrogens is 379 g/mol. The molecule has 0 saturated carbocycles. The standard InChI is InChI=1S/C21H28F3N5/c1-20(2,17-6-5-7-18(10-17)21(22,23)24)14-26-19(25-3)29-9-8-15(13-29)16-11-27-28(4)12-16/h5-7,10-12,15H,8-9,13-14H2,1-4H3,(H,25,26). The minimum Gasteiger partial charge on any atom is -0.355 e. The summed E-state index contributed by atoms with van der Waals surface area (Å²) >= 11 is 0.